The first-order valence-electron chi connectivity index (χ1n) is 8.28. The predicted octanol–water partition coefficient (Wildman–Crippen LogP) is 4.21. The number of hydrogen-bond donors (Lipinski definition) is 0. The number of nitro groups is 1. The molecule has 27 heavy (non-hydrogen) atoms. The Morgan fingerprint density at radius 2 is 1.70 bits per heavy atom. The van der Waals surface area contributed by atoms with Gasteiger partial charge in [-0.15, -0.1) is 0 Å². The topological polar surface area (TPSA) is 86.7 Å². The highest BCUT2D eigenvalue weighted by Crippen LogP contribution is 2.26. The van der Waals surface area contributed by atoms with Crippen LogP contribution in [0.1, 0.15) is 5.56 Å². The molecule has 0 aliphatic carbocycles. The fraction of sp³-hybridized carbons (Fsp3) is 0.0500. The fourth-order valence-electron chi connectivity index (χ4n) is 2.85. The molecule has 0 atom stereocenters. The van der Waals surface area contributed by atoms with Gasteiger partial charge in [0, 0.05) is 65.4 Å². The molecule has 0 bridgehead atoms. The lowest BCUT2D eigenvalue weighted by molar-refractivity contribution is -0.384. The van der Waals surface area contributed by atoms with Gasteiger partial charge in [-0.25, -0.2) is 4.68 Å². The molecule has 3 heterocycles. The van der Waals surface area contributed by atoms with Gasteiger partial charge in [-0.3, -0.25) is 20.1 Å². The lowest BCUT2D eigenvalue weighted by Crippen LogP contribution is -1.99. The minimum absolute atomic E-state index is 0.0351. The van der Waals surface area contributed by atoms with Crippen molar-refractivity contribution in [2.45, 2.75) is 6.92 Å². The quantitative estimate of drug-likeness (QED) is 0.403. The summed E-state index contributed by atoms with van der Waals surface area (Å²) in [5.74, 6) is 0. The Hall–Kier alpha value is -3.87. The lowest BCUT2D eigenvalue weighted by atomic mass is 10.1. The van der Waals surface area contributed by atoms with E-state index < -0.39 is 4.92 Å². The van der Waals surface area contributed by atoms with Crippen LogP contribution in [0.2, 0.25) is 0 Å². The SMILES string of the molecule is Cc1ccc([N+](=O)[O-])cc1-n1cc(-c2cncc(-c3cccnc3)c2)cn1. The average molecular weight is 357 g/mol. The molecular weight excluding hydrogens is 342 g/mol. The van der Waals surface area contributed by atoms with Gasteiger partial charge in [-0.2, -0.15) is 5.10 Å². The van der Waals surface area contributed by atoms with Crippen LogP contribution in [-0.2, 0) is 0 Å². The molecule has 0 saturated carbocycles. The molecule has 4 aromatic rings. The average Bonchev–Trinajstić information content (AvgIpc) is 3.19. The summed E-state index contributed by atoms with van der Waals surface area (Å²) in [6, 6.07) is 10.6. The van der Waals surface area contributed by atoms with Crippen molar-refractivity contribution in [1.29, 1.82) is 0 Å². The van der Waals surface area contributed by atoms with Gasteiger partial charge >= 0.3 is 0 Å². The van der Waals surface area contributed by atoms with Gasteiger partial charge in [-0.05, 0) is 24.6 Å². The molecule has 3 aromatic heterocycles. The van der Waals surface area contributed by atoms with Gasteiger partial charge in [-0.1, -0.05) is 12.1 Å². The Morgan fingerprint density at radius 3 is 2.44 bits per heavy atom. The normalized spacial score (nSPS) is 10.7. The third kappa shape index (κ3) is 3.30. The molecule has 1 aromatic carbocycles. The zero-order chi connectivity index (χ0) is 18.8. The minimum atomic E-state index is -0.408. The van der Waals surface area contributed by atoms with Gasteiger partial charge in [0.25, 0.3) is 5.69 Å². The Kier molecular flexibility index (Phi) is 4.18. The molecule has 0 amide bonds. The largest absolute Gasteiger partial charge is 0.271 e. The van der Waals surface area contributed by atoms with Crippen molar-refractivity contribution >= 4 is 5.69 Å². The number of aryl methyl sites for hydroxylation is 1. The summed E-state index contributed by atoms with van der Waals surface area (Å²) in [5, 5.41) is 15.4. The Morgan fingerprint density at radius 1 is 0.926 bits per heavy atom. The summed E-state index contributed by atoms with van der Waals surface area (Å²) in [6.45, 7) is 1.89. The van der Waals surface area contributed by atoms with Crippen molar-refractivity contribution in [2.24, 2.45) is 0 Å². The second-order valence-corrected chi connectivity index (χ2v) is 6.11. The molecule has 0 unspecified atom stereocenters. The molecule has 0 radical (unpaired) electrons. The zero-order valence-electron chi connectivity index (χ0n) is 14.5. The fourth-order valence-corrected chi connectivity index (χ4v) is 2.85. The maximum atomic E-state index is 11.1. The van der Waals surface area contributed by atoms with Crippen molar-refractivity contribution < 1.29 is 4.92 Å². The van der Waals surface area contributed by atoms with Crippen molar-refractivity contribution in [2.75, 3.05) is 0 Å². The Balaban J connectivity index is 1.72. The van der Waals surface area contributed by atoms with E-state index in [1.54, 1.807) is 41.7 Å². The van der Waals surface area contributed by atoms with E-state index in [-0.39, 0.29) is 5.69 Å². The number of nitrogens with zero attached hydrogens (tertiary/aromatic N) is 5. The third-order valence-electron chi connectivity index (χ3n) is 4.30. The van der Waals surface area contributed by atoms with Crippen molar-refractivity contribution in [3.8, 4) is 27.9 Å². The molecule has 7 heteroatoms. The van der Waals surface area contributed by atoms with E-state index in [0.717, 1.165) is 27.8 Å². The second kappa shape index (κ2) is 6.80. The van der Waals surface area contributed by atoms with Gasteiger partial charge in [0.15, 0.2) is 0 Å². The van der Waals surface area contributed by atoms with Gasteiger partial charge in [0.05, 0.1) is 16.8 Å². The van der Waals surface area contributed by atoms with Crippen LogP contribution in [0.4, 0.5) is 5.69 Å². The lowest BCUT2D eigenvalue weighted by Gasteiger charge is -2.05. The molecular formula is C20H15N5O2. The van der Waals surface area contributed by atoms with Crippen LogP contribution in [0.3, 0.4) is 0 Å². The first-order valence-corrected chi connectivity index (χ1v) is 8.28. The minimum Gasteiger partial charge on any atom is -0.264 e. The molecule has 0 saturated heterocycles. The standard InChI is InChI=1S/C20H15N5O2/c1-14-4-5-19(25(26)27)8-20(14)24-13-18(12-23-24)17-7-16(10-22-11-17)15-3-2-6-21-9-15/h2-13H,1H3. The second-order valence-electron chi connectivity index (χ2n) is 6.11. The van der Waals surface area contributed by atoms with Gasteiger partial charge in [0.2, 0.25) is 0 Å². The number of non-ortho nitro benzene ring substituents is 1. The van der Waals surface area contributed by atoms with Crippen LogP contribution in [0.15, 0.2) is 73.6 Å². The van der Waals surface area contributed by atoms with Crippen LogP contribution in [0.5, 0.6) is 0 Å². The van der Waals surface area contributed by atoms with Crippen LogP contribution in [0, 0.1) is 17.0 Å². The maximum Gasteiger partial charge on any atom is 0.271 e. The van der Waals surface area contributed by atoms with E-state index in [1.165, 1.54) is 12.1 Å². The molecule has 0 fully saturated rings. The molecule has 0 aliphatic rings. The molecule has 132 valence electrons. The van der Waals surface area contributed by atoms with E-state index in [1.807, 2.05) is 31.3 Å². The van der Waals surface area contributed by atoms with E-state index >= 15 is 0 Å². The summed E-state index contributed by atoms with van der Waals surface area (Å²) in [6.07, 6.45) is 10.6. The highest BCUT2D eigenvalue weighted by molar-refractivity contribution is 5.70. The van der Waals surface area contributed by atoms with Crippen LogP contribution >= 0.6 is 0 Å². The van der Waals surface area contributed by atoms with Crippen LogP contribution < -0.4 is 0 Å². The van der Waals surface area contributed by atoms with Crippen LogP contribution in [-0.4, -0.2) is 24.7 Å². The first kappa shape index (κ1) is 16.6. The van der Waals surface area contributed by atoms with E-state index in [4.69, 9.17) is 0 Å². The van der Waals surface area contributed by atoms with Gasteiger partial charge in [0.1, 0.15) is 0 Å². The smallest absolute Gasteiger partial charge is 0.264 e. The van der Waals surface area contributed by atoms with E-state index in [0.29, 0.717) is 5.69 Å². The summed E-state index contributed by atoms with van der Waals surface area (Å²) in [4.78, 5) is 19.1. The summed E-state index contributed by atoms with van der Waals surface area (Å²) in [5.41, 5.74) is 5.33. The molecule has 0 aliphatic heterocycles. The van der Waals surface area contributed by atoms with Crippen molar-refractivity contribution in [1.82, 2.24) is 19.7 Å². The monoisotopic (exact) mass is 357 g/mol. The van der Waals surface area contributed by atoms with Crippen molar-refractivity contribution in [3.05, 3.63) is 89.3 Å². The highest BCUT2D eigenvalue weighted by Gasteiger charge is 2.12. The number of rotatable bonds is 4. The van der Waals surface area contributed by atoms with E-state index in [2.05, 4.69) is 15.1 Å². The van der Waals surface area contributed by atoms with Gasteiger partial charge < -0.3 is 0 Å². The number of pyridine rings is 2. The van der Waals surface area contributed by atoms with Crippen molar-refractivity contribution in [3.63, 3.8) is 0 Å². The maximum absolute atomic E-state index is 11.1. The molecule has 7 nitrogen and oxygen atoms in total. The van der Waals surface area contributed by atoms with E-state index in [9.17, 15) is 10.1 Å². The summed E-state index contributed by atoms with van der Waals surface area (Å²) in [7, 11) is 0. The number of nitro benzene ring substituents is 1. The Labute approximate surface area is 155 Å². The predicted molar refractivity (Wildman–Crippen MR) is 101 cm³/mol. The summed E-state index contributed by atoms with van der Waals surface area (Å²) < 4.78 is 1.65. The molecule has 0 spiro atoms. The van der Waals surface area contributed by atoms with Crippen LogP contribution in [0.25, 0.3) is 27.9 Å². The number of hydrogen-bond acceptors (Lipinski definition) is 5. The molecule has 0 N–H and O–H groups in total. The highest BCUT2D eigenvalue weighted by atomic mass is 16.6. The Bertz CT molecular complexity index is 1120. The number of aromatic nitrogens is 4. The summed E-state index contributed by atoms with van der Waals surface area (Å²) >= 11 is 0. The molecule has 4 rings (SSSR count). The first-order chi connectivity index (χ1) is 13.1. The number of benzene rings is 1. The zero-order valence-corrected chi connectivity index (χ0v) is 14.5. The third-order valence-corrected chi connectivity index (χ3v) is 4.30.